The number of nitrogens with one attached hydrogen (secondary N) is 1. The van der Waals surface area contributed by atoms with E-state index in [1.807, 2.05) is 52.0 Å². The molecule has 1 amide bonds. The zero-order valence-electron chi connectivity index (χ0n) is 16.4. The molecule has 0 saturated carbocycles. The number of carbonyl (C=O) groups excluding carboxylic acids is 1. The molecule has 2 aromatic rings. The zero-order valence-corrected chi connectivity index (χ0v) is 18.0. The molecule has 0 atom stereocenters. The largest absolute Gasteiger partial charge is 0.490 e. The van der Waals surface area contributed by atoms with E-state index in [1.165, 1.54) is 6.08 Å². The van der Waals surface area contributed by atoms with Crippen molar-refractivity contribution in [2.75, 3.05) is 18.5 Å². The third-order valence-electron chi connectivity index (χ3n) is 3.96. The fraction of sp³-hybridized carbons (Fsp3) is 0.273. The second-order valence-electron chi connectivity index (χ2n) is 6.13. The molecule has 0 aliphatic carbocycles. The third-order valence-corrected chi connectivity index (χ3v) is 4.64. The molecule has 0 heterocycles. The molecular weight excluding hydrogens is 420 g/mol. The van der Waals surface area contributed by atoms with E-state index in [2.05, 4.69) is 21.2 Å². The predicted octanol–water partition coefficient (Wildman–Crippen LogP) is 5.41. The number of hydrogen-bond acceptors (Lipinski definition) is 4. The lowest BCUT2D eigenvalue weighted by molar-refractivity contribution is -0.112. The van der Waals surface area contributed by atoms with Crippen LogP contribution in [0.2, 0.25) is 0 Å². The van der Waals surface area contributed by atoms with Gasteiger partial charge >= 0.3 is 0 Å². The first-order chi connectivity index (χ1) is 13.4. The highest BCUT2D eigenvalue weighted by molar-refractivity contribution is 9.10. The van der Waals surface area contributed by atoms with Gasteiger partial charge in [0.1, 0.15) is 11.6 Å². The van der Waals surface area contributed by atoms with E-state index in [1.54, 1.807) is 12.1 Å². The number of amides is 1. The Labute approximate surface area is 174 Å². The molecule has 0 saturated heterocycles. The van der Waals surface area contributed by atoms with Crippen LogP contribution in [0.5, 0.6) is 11.5 Å². The van der Waals surface area contributed by atoms with Crippen LogP contribution in [0, 0.1) is 25.2 Å². The van der Waals surface area contributed by atoms with Crippen LogP contribution in [0.15, 0.2) is 40.4 Å². The smallest absolute Gasteiger partial charge is 0.266 e. The van der Waals surface area contributed by atoms with Gasteiger partial charge in [0.05, 0.1) is 13.2 Å². The van der Waals surface area contributed by atoms with E-state index < -0.39 is 5.91 Å². The number of rotatable bonds is 7. The summed E-state index contributed by atoms with van der Waals surface area (Å²) in [6.07, 6.45) is 1.53. The van der Waals surface area contributed by atoms with Crippen molar-refractivity contribution in [1.29, 1.82) is 5.26 Å². The van der Waals surface area contributed by atoms with Gasteiger partial charge in [0, 0.05) is 10.2 Å². The first kappa shape index (κ1) is 21.5. The molecule has 0 radical (unpaired) electrons. The fourth-order valence-electron chi connectivity index (χ4n) is 2.65. The van der Waals surface area contributed by atoms with Gasteiger partial charge in [-0.3, -0.25) is 4.79 Å². The summed E-state index contributed by atoms with van der Waals surface area (Å²) in [7, 11) is 0. The van der Waals surface area contributed by atoms with Gasteiger partial charge in [0.25, 0.3) is 5.91 Å². The van der Waals surface area contributed by atoms with Crippen LogP contribution >= 0.6 is 15.9 Å². The summed E-state index contributed by atoms with van der Waals surface area (Å²) in [5.41, 5.74) is 3.36. The number of ether oxygens (including phenoxy) is 2. The molecule has 28 heavy (non-hydrogen) atoms. The van der Waals surface area contributed by atoms with Gasteiger partial charge in [-0.05, 0) is 63.1 Å². The van der Waals surface area contributed by atoms with Crippen molar-refractivity contribution >= 4 is 33.6 Å². The lowest BCUT2D eigenvalue weighted by Gasteiger charge is -2.13. The van der Waals surface area contributed by atoms with Gasteiger partial charge in [0.2, 0.25) is 0 Å². The van der Waals surface area contributed by atoms with Gasteiger partial charge in [-0.2, -0.15) is 5.26 Å². The summed E-state index contributed by atoms with van der Waals surface area (Å²) in [4.78, 5) is 12.6. The van der Waals surface area contributed by atoms with Crippen LogP contribution in [0.25, 0.3) is 6.08 Å². The van der Waals surface area contributed by atoms with Crippen LogP contribution < -0.4 is 14.8 Å². The summed E-state index contributed by atoms with van der Waals surface area (Å²) in [5.74, 6) is 0.700. The number of carbonyl (C=O) groups is 1. The van der Waals surface area contributed by atoms with Crippen molar-refractivity contribution in [3.63, 3.8) is 0 Å². The van der Waals surface area contributed by atoms with Crippen LogP contribution in [-0.2, 0) is 4.79 Å². The normalized spacial score (nSPS) is 10.9. The van der Waals surface area contributed by atoms with E-state index >= 15 is 0 Å². The molecular formula is C22H23BrN2O3. The Hall–Kier alpha value is -2.78. The second kappa shape index (κ2) is 9.95. The Morgan fingerprint density at radius 3 is 2.36 bits per heavy atom. The molecule has 0 fully saturated rings. The maximum atomic E-state index is 12.6. The molecule has 5 nitrogen and oxygen atoms in total. The molecule has 0 aliphatic heterocycles. The number of anilines is 1. The highest BCUT2D eigenvalue weighted by Crippen LogP contribution is 2.35. The minimum atomic E-state index is -0.465. The number of nitrogens with zero attached hydrogens (tertiary/aromatic N) is 1. The van der Waals surface area contributed by atoms with Crippen LogP contribution in [0.1, 0.15) is 30.5 Å². The van der Waals surface area contributed by atoms with Gasteiger partial charge in [-0.25, -0.2) is 0 Å². The second-order valence-corrected chi connectivity index (χ2v) is 6.98. The molecule has 146 valence electrons. The Kier molecular flexibility index (Phi) is 7.65. The molecule has 0 aliphatic rings. The lowest BCUT2D eigenvalue weighted by Crippen LogP contribution is -2.14. The SMILES string of the molecule is CCOc1cc(Br)c(/C=C(\C#N)C(=O)Nc2ccc(C)cc2C)cc1OCC. The van der Waals surface area contributed by atoms with Gasteiger partial charge < -0.3 is 14.8 Å². The summed E-state index contributed by atoms with van der Waals surface area (Å²) < 4.78 is 11.9. The summed E-state index contributed by atoms with van der Waals surface area (Å²) in [6.45, 7) is 8.65. The van der Waals surface area contributed by atoms with E-state index in [4.69, 9.17) is 9.47 Å². The van der Waals surface area contributed by atoms with Crippen molar-refractivity contribution in [1.82, 2.24) is 0 Å². The van der Waals surface area contributed by atoms with Crippen molar-refractivity contribution in [2.45, 2.75) is 27.7 Å². The quantitative estimate of drug-likeness (QED) is 0.459. The third kappa shape index (κ3) is 5.37. The predicted molar refractivity (Wildman–Crippen MR) is 115 cm³/mol. The van der Waals surface area contributed by atoms with Crippen LogP contribution in [0.4, 0.5) is 5.69 Å². The Balaban J connectivity index is 2.36. The molecule has 0 spiro atoms. The maximum Gasteiger partial charge on any atom is 0.266 e. The standard InChI is InChI=1S/C22H23BrN2O3/c1-5-27-20-11-16(18(23)12-21(20)28-6-2)10-17(13-24)22(26)25-19-8-7-14(3)9-15(19)4/h7-12H,5-6H2,1-4H3,(H,25,26)/b17-10+. The zero-order chi connectivity index (χ0) is 20.7. The number of benzene rings is 2. The maximum absolute atomic E-state index is 12.6. The van der Waals surface area contributed by atoms with Gasteiger partial charge in [0.15, 0.2) is 11.5 Å². The minimum absolute atomic E-state index is 0.00715. The van der Waals surface area contributed by atoms with E-state index in [0.29, 0.717) is 40.4 Å². The highest BCUT2D eigenvalue weighted by Gasteiger charge is 2.14. The van der Waals surface area contributed by atoms with Crippen molar-refractivity contribution in [3.05, 3.63) is 57.1 Å². The number of hydrogen-bond donors (Lipinski definition) is 1. The Bertz CT molecular complexity index is 946. The molecule has 0 unspecified atom stereocenters. The minimum Gasteiger partial charge on any atom is -0.490 e. The first-order valence-electron chi connectivity index (χ1n) is 8.99. The van der Waals surface area contributed by atoms with Crippen LogP contribution in [-0.4, -0.2) is 19.1 Å². The fourth-order valence-corrected chi connectivity index (χ4v) is 3.08. The van der Waals surface area contributed by atoms with Gasteiger partial charge in [-0.1, -0.05) is 33.6 Å². The molecule has 2 rings (SSSR count). The van der Waals surface area contributed by atoms with Gasteiger partial charge in [-0.15, -0.1) is 0 Å². The van der Waals surface area contributed by atoms with Crippen molar-refractivity contribution in [2.24, 2.45) is 0 Å². The average molecular weight is 443 g/mol. The number of halogens is 1. The van der Waals surface area contributed by atoms with E-state index in [9.17, 15) is 10.1 Å². The molecule has 0 aromatic heterocycles. The molecule has 2 aromatic carbocycles. The molecule has 1 N–H and O–H groups in total. The van der Waals surface area contributed by atoms with Crippen molar-refractivity contribution < 1.29 is 14.3 Å². The summed E-state index contributed by atoms with van der Waals surface area (Å²) >= 11 is 3.47. The van der Waals surface area contributed by atoms with E-state index in [0.717, 1.165) is 11.1 Å². The topological polar surface area (TPSA) is 71.3 Å². The number of nitriles is 1. The lowest BCUT2D eigenvalue weighted by atomic mass is 10.1. The summed E-state index contributed by atoms with van der Waals surface area (Å²) in [6, 6.07) is 11.2. The molecule has 0 bridgehead atoms. The molecule has 6 heteroatoms. The monoisotopic (exact) mass is 442 g/mol. The Morgan fingerprint density at radius 1 is 1.14 bits per heavy atom. The highest BCUT2D eigenvalue weighted by atomic mass is 79.9. The summed E-state index contributed by atoms with van der Waals surface area (Å²) in [5, 5.41) is 12.3. The first-order valence-corrected chi connectivity index (χ1v) is 9.78. The van der Waals surface area contributed by atoms with Crippen molar-refractivity contribution in [3.8, 4) is 17.6 Å². The number of aryl methyl sites for hydroxylation is 2. The van der Waals surface area contributed by atoms with E-state index in [-0.39, 0.29) is 5.57 Å². The van der Waals surface area contributed by atoms with Crippen LogP contribution in [0.3, 0.4) is 0 Å². The Morgan fingerprint density at radius 2 is 1.79 bits per heavy atom. The average Bonchev–Trinajstić information content (AvgIpc) is 2.65.